The molecule has 2 rings (SSSR count). The monoisotopic (exact) mass is 252 g/mol. The van der Waals surface area contributed by atoms with Crippen LogP contribution in [0.25, 0.3) is 12.2 Å². The Bertz CT molecular complexity index is 572. The highest BCUT2D eigenvalue weighted by Crippen LogP contribution is 2.30. The average molecular weight is 252 g/mol. The summed E-state index contributed by atoms with van der Waals surface area (Å²) in [7, 11) is 0. The molecule has 0 amide bonds. The first kappa shape index (κ1) is 13.0. The third kappa shape index (κ3) is 2.52. The molecular weight excluding hydrogens is 236 g/mol. The lowest BCUT2D eigenvalue weighted by atomic mass is 9.99. The minimum atomic E-state index is 0.209. The van der Waals surface area contributed by atoms with Crippen molar-refractivity contribution in [2.75, 3.05) is 0 Å². The van der Waals surface area contributed by atoms with Crippen LogP contribution in [-0.4, -0.2) is 10.2 Å². The maximum absolute atomic E-state index is 10.1. The van der Waals surface area contributed by atoms with Crippen LogP contribution in [0.1, 0.15) is 22.3 Å². The standard InChI is InChI=1S/C17H16O2/c1-3-12-7-5-9-14(16(12)18)11-15-10-6-8-13(4-2)17(15)19/h3-10,18-19H,1-2,11H2. The van der Waals surface area contributed by atoms with Crippen molar-refractivity contribution in [3.63, 3.8) is 0 Å². The van der Waals surface area contributed by atoms with E-state index in [2.05, 4.69) is 13.2 Å². The highest BCUT2D eigenvalue weighted by atomic mass is 16.3. The summed E-state index contributed by atoms with van der Waals surface area (Å²) in [6.45, 7) is 7.32. The maximum atomic E-state index is 10.1. The lowest BCUT2D eigenvalue weighted by Crippen LogP contribution is -1.92. The first-order chi connectivity index (χ1) is 9.17. The molecule has 0 saturated heterocycles. The van der Waals surface area contributed by atoms with Crippen molar-refractivity contribution in [2.24, 2.45) is 0 Å². The fraction of sp³-hybridized carbons (Fsp3) is 0.0588. The van der Waals surface area contributed by atoms with Gasteiger partial charge in [-0.05, 0) is 11.1 Å². The first-order valence-corrected chi connectivity index (χ1v) is 6.04. The van der Waals surface area contributed by atoms with E-state index < -0.39 is 0 Å². The SMILES string of the molecule is C=Cc1cccc(Cc2cccc(C=C)c2O)c1O. The number of phenolic OH excluding ortho intramolecular Hbond substituents is 2. The van der Waals surface area contributed by atoms with E-state index in [-0.39, 0.29) is 11.5 Å². The smallest absolute Gasteiger partial charge is 0.126 e. The molecule has 0 bridgehead atoms. The summed E-state index contributed by atoms with van der Waals surface area (Å²) >= 11 is 0. The van der Waals surface area contributed by atoms with Gasteiger partial charge in [0.25, 0.3) is 0 Å². The second-order valence-electron chi connectivity index (χ2n) is 4.29. The zero-order valence-corrected chi connectivity index (χ0v) is 10.6. The normalized spacial score (nSPS) is 10.1. The van der Waals surface area contributed by atoms with E-state index in [1.165, 1.54) is 0 Å². The van der Waals surface area contributed by atoms with Crippen LogP contribution in [0.2, 0.25) is 0 Å². The van der Waals surface area contributed by atoms with Gasteiger partial charge < -0.3 is 10.2 Å². The van der Waals surface area contributed by atoms with Gasteiger partial charge in [0, 0.05) is 17.5 Å². The predicted molar refractivity (Wildman–Crippen MR) is 79.2 cm³/mol. The van der Waals surface area contributed by atoms with E-state index in [9.17, 15) is 10.2 Å². The van der Waals surface area contributed by atoms with Gasteiger partial charge in [-0.25, -0.2) is 0 Å². The zero-order chi connectivity index (χ0) is 13.8. The molecule has 2 N–H and O–H groups in total. The molecule has 0 spiro atoms. The van der Waals surface area contributed by atoms with Crippen LogP contribution < -0.4 is 0 Å². The molecule has 0 unspecified atom stereocenters. The van der Waals surface area contributed by atoms with Gasteiger partial charge in [-0.15, -0.1) is 0 Å². The molecule has 0 aliphatic heterocycles. The molecule has 2 heteroatoms. The van der Waals surface area contributed by atoms with E-state index in [0.29, 0.717) is 17.5 Å². The number of benzene rings is 2. The maximum Gasteiger partial charge on any atom is 0.126 e. The third-order valence-electron chi connectivity index (χ3n) is 3.12. The van der Waals surface area contributed by atoms with Crippen LogP contribution in [0, 0.1) is 0 Å². The topological polar surface area (TPSA) is 40.5 Å². The van der Waals surface area contributed by atoms with Crippen LogP contribution in [0.4, 0.5) is 0 Å². The predicted octanol–water partition coefficient (Wildman–Crippen LogP) is 3.97. The molecule has 2 aromatic carbocycles. The van der Waals surface area contributed by atoms with Gasteiger partial charge in [-0.3, -0.25) is 0 Å². The van der Waals surface area contributed by atoms with E-state index in [1.54, 1.807) is 24.3 Å². The Labute approximate surface area is 113 Å². The van der Waals surface area contributed by atoms with Crippen molar-refractivity contribution in [1.29, 1.82) is 0 Å². The van der Waals surface area contributed by atoms with Gasteiger partial charge in [-0.2, -0.15) is 0 Å². The molecule has 19 heavy (non-hydrogen) atoms. The van der Waals surface area contributed by atoms with Gasteiger partial charge in [0.05, 0.1) is 0 Å². The van der Waals surface area contributed by atoms with Crippen molar-refractivity contribution in [3.8, 4) is 11.5 Å². The van der Waals surface area contributed by atoms with Gasteiger partial charge in [0.15, 0.2) is 0 Å². The zero-order valence-electron chi connectivity index (χ0n) is 10.6. The Kier molecular flexibility index (Phi) is 3.71. The van der Waals surface area contributed by atoms with Crippen molar-refractivity contribution in [1.82, 2.24) is 0 Å². The fourth-order valence-electron chi connectivity index (χ4n) is 2.04. The van der Waals surface area contributed by atoms with Crippen LogP contribution in [0.15, 0.2) is 49.6 Å². The fourth-order valence-corrected chi connectivity index (χ4v) is 2.04. The molecule has 0 aromatic heterocycles. The number of phenols is 2. The number of aromatic hydroxyl groups is 2. The summed E-state index contributed by atoms with van der Waals surface area (Å²) in [6, 6.07) is 11.0. The van der Waals surface area contributed by atoms with E-state index >= 15 is 0 Å². The Hall–Kier alpha value is -2.48. The second-order valence-corrected chi connectivity index (χ2v) is 4.29. The summed E-state index contributed by atoms with van der Waals surface area (Å²) < 4.78 is 0. The van der Waals surface area contributed by atoms with Crippen LogP contribution >= 0.6 is 0 Å². The van der Waals surface area contributed by atoms with Gasteiger partial charge >= 0.3 is 0 Å². The minimum absolute atomic E-state index is 0.209. The van der Waals surface area contributed by atoms with Gasteiger partial charge in [0.2, 0.25) is 0 Å². The third-order valence-corrected chi connectivity index (χ3v) is 3.12. The second kappa shape index (κ2) is 5.44. The molecule has 0 aliphatic carbocycles. The average Bonchev–Trinajstić information content (AvgIpc) is 2.43. The van der Waals surface area contributed by atoms with Crippen molar-refractivity contribution in [3.05, 3.63) is 71.8 Å². The molecule has 96 valence electrons. The summed E-state index contributed by atoms with van der Waals surface area (Å²) in [6.07, 6.45) is 3.68. The largest absolute Gasteiger partial charge is 0.507 e. The Morgan fingerprint density at radius 3 is 1.58 bits per heavy atom. The van der Waals surface area contributed by atoms with Gasteiger partial charge in [-0.1, -0.05) is 61.7 Å². The summed E-state index contributed by atoms with van der Waals surface area (Å²) in [4.78, 5) is 0. The molecule has 2 aromatic rings. The molecule has 0 atom stereocenters. The van der Waals surface area contributed by atoms with E-state index in [4.69, 9.17) is 0 Å². The lowest BCUT2D eigenvalue weighted by Gasteiger charge is -2.10. The first-order valence-electron chi connectivity index (χ1n) is 6.04. The lowest BCUT2D eigenvalue weighted by molar-refractivity contribution is 0.461. The summed E-state index contributed by atoms with van der Waals surface area (Å²) in [5, 5.41) is 20.2. The molecular formula is C17H16O2. The summed E-state index contributed by atoms with van der Waals surface area (Å²) in [5.41, 5.74) is 2.90. The van der Waals surface area contributed by atoms with Crippen molar-refractivity contribution < 1.29 is 10.2 Å². The van der Waals surface area contributed by atoms with Crippen molar-refractivity contribution >= 4 is 12.2 Å². The molecule has 0 radical (unpaired) electrons. The quantitative estimate of drug-likeness (QED) is 0.864. The number of para-hydroxylation sites is 2. The molecule has 0 saturated carbocycles. The Morgan fingerprint density at radius 1 is 0.789 bits per heavy atom. The highest BCUT2D eigenvalue weighted by molar-refractivity contribution is 5.61. The number of hydrogen-bond acceptors (Lipinski definition) is 2. The number of hydrogen-bond donors (Lipinski definition) is 2. The molecule has 0 heterocycles. The van der Waals surface area contributed by atoms with Crippen LogP contribution in [0.5, 0.6) is 11.5 Å². The molecule has 0 aliphatic rings. The van der Waals surface area contributed by atoms with Crippen molar-refractivity contribution in [2.45, 2.75) is 6.42 Å². The van der Waals surface area contributed by atoms with E-state index in [1.807, 2.05) is 24.3 Å². The number of rotatable bonds is 4. The Morgan fingerprint density at radius 2 is 1.21 bits per heavy atom. The minimum Gasteiger partial charge on any atom is -0.507 e. The Balaban J connectivity index is 2.42. The molecule has 2 nitrogen and oxygen atoms in total. The summed E-state index contributed by atoms with van der Waals surface area (Å²) in [5.74, 6) is 0.418. The highest BCUT2D eigenvalue weighted by Gasteiger charge is 2.09. The van der Waals surface area contributed by atoms with Gasteiger partial charge in [0.1, 0.15) is 11.5 Å². The van der Waals surface area contributed by atoms with Crippen LogP contribution in [-0.2, 0) is 6.42 Å². The molecule has 0 fully saturated rings. The van der Waals surface area contributed by atoms with Crippen LogP contribution in [0.3, 0.4) is 0 Å². The van der Waals surface area contributed by atoms with E-state index in [0.717, 1.165) is 11.1 Å².